The number of carbonyl (C=O) groups is 1. The largest absolute Gasteiger partial charge is 0.488 e. The van der Waals surface area contributed by atoms with E-state index in [9.17, 15) is 4.79 Å². The van der Waals surface area contributed by atoms with Gasteiger partial charge in [0, 0.05) is 18.7 Å². The van der Waals surface area contributed by atoms with Gasteiger partial charge in [-0.1, -0.05) is 54.6 Å². The van der Waals surface area contributed by atoms with E-state index >= 15 is 0 Å². The van der Waals surface area contributed by atoms with Crippen LogP contribution in [0.25, 0.3) is 0 Å². The first-order valence-corrected chi connectivity index (χ1v) is 9.74. The molecule has 0 spiro atoms. The molecule has 0 atom stereocenters. The predicted octanol–water partition coefficient (Wildman–Crippen LogP) is 5.49. The van der Waals surface area contributed by atoms with Crippen molar-refractivity contribution in [2.45, 2.75) is 26.6 Å². The van der Waals surface area contributed by atoms with Gasteiger partial charge in [-0.2, -0.15) is 0 Å². The third-order valence-electron chi connectivity index (χ3n) is 4.87. The van der Waals surface area contributed by atoms with Crippen LogP contribution in [0.15, 0.2) is 71.2 Å². The number of nitrogens with zero attached hydrogens (tertiary/aromatic N) is 1. The fourth-order valence-corrected chi connectivity index (χ4v) is 3.84. The third kappa shape index (κ3) is 3.76. The highest BCUT2D eigenvalue weighted by molar-refractivity contribution is 9.10. The van der Waals surface area contributed by atoms with Gasteiger partial charge in [-0.3, -0.25) is 4.79 Å². The summed E-state index contributed by atoms with van der Waals surface area (Å²) in [4.78, 5) is 14.9. The Balaban J connectivity index is 1.51. The van der Waals surface area contributed by atoms with Crippen molar-refractivity contribution in [1.29, 1.82) is 0 Å². The van der Waals surface area contributed by atoms with E-state index in [4.69, 9.17) is 4.74 Å². The summed E-state index contributed by atoms with van der Waals surface area (Å²) >= 11 is 3.56. The molecule has 3 nitrogen and oxygen atoms in total. The summed E-state index contributed by atoms with van der Waals surface area (Å²) in [6, 6.07) is 22.1. The fourth-order valence-electron chi connectivity index (χ4n) is 3.38. The first-order valence-electron chi connectivity index (χ1n) is 8.95. The Hall–Kier alpha value is -2.59. The van der Waals surface area contributed by atoms with Crippen LogP contribution < -0.4 is 4.74 Å². The van der Waals surface area contributed by atoms with Crippen molar-refractivity contribution in [3.05, 3.63) is 99.0 Å². The summed E-state index contributed by atoms with van der Waals surface area (Å²) in [7, 11) is 0. The first kappa shape index (κ1) is 17.8. The maximum atomic E-state index is 13.0. The van der Waals surface area contributed by atoms with E-state index in [1.54, 1.807) is 0 Å². The molecule has 0 radical (unpaired) electrons. The third-order valence-corrected chi connectivity index (χ3v) is 5.49. The van der Waals surface area contributed by atoms with E-state index in [-0.39, 0.29) is 5.91 Å². The molecule has 1 aliphatic heterocycles. The average molecular weight is 422 g/mol. The van der Waals surface area contributed by atoms with Gasteiger partial charge in [0.05, 0.1) is 4.47 Å². The number of rotatable bonds is 4. The molecule has 0 saturated carbocycles. The van der Waals surface area contributed by atoms with Crippen molar-refractivity contribution in [3.8, 4) is 5.75 Å². The lowest BCUT2D eigenvalue weighted by Gasteiger charge is -2.18. The van der Waals surface area contributed by atoms with E-state index in [0.717, 1.165) is 21.3 Å². The Morgan fingerprint density at radius 2 is 1.63 bits per heavy atom. The number of fused-ring (bicyclic) bond motifs is 1. The number of aryl methyl sites for hydroxylation is 1. The molecule has 27 heavy (non-hydrogen) atoms. The van der Waals surface area contributed by atoms with Crippen molar-refractivity contribution >= 4 is 21.8 Å². The zero-order valence-corrected chi connectivity index (χ0v) is 16.7. The van der Waals surface area contributed by atoms with E-state index in [1.807, 2.05) is 66.4 Å². The van der Waals surface area contributed by atoms with Crippen LogP contribution in [-0.2, 0) is 19.7 Å². The standard InChI is InChI=1S/C23H20BrNO2/c1-16-11-22(27-15-17-7-3-2-4-8-17)21(24)12-20(16)23(26)25-13-18-9-5-6-10-19(18)14-25/h2-12H,13-15H2,1H3. The van der Waals surface area contributed by atoms with E-state index in [2.05, 4.69) is 28.1 Å². The smallest absolute Gasteiger partial charge is 0.254 e. The van der Waals surface area contributed by atoms with Crippen LogP contribution in [0.5, 0.6) is 5.75 Å². The van der Waals surface area contributed by atoms with Gasteiger partial charge in [0.25, 0.3) is 5.91 Å². The number of ether oxygens (including phenoxy) is 1. The van der Waals surface area contributed by atoms with Crippen LogP contribution in [0, 0.1) is 6.92 Å². The summed E-state index contributed by atoms with van der Waals surface area (Å²) in [6.07, 6.45) is 0. The summed E-state index contributed by atoms with van der Waals surface area (Å²) in [6.45, 7) is 3.78. The summed E-state index contributed by atoms with van der Waals surface area (Å²) in [5.41, 5.74) is 5.19. The van der Waals surface area contributed by atoms with Gasteiger partial charge in [-0.25, -0.2) is 0 Å². The molecule has 0 bridgehead atoms. The second kappa shape index (κ2) is 7.57. The SMILES string of the molecule is Cc1cc(OCc2ccccc2)c(Br)cc1C(=O)N1Cc2ccccc2C1. The van der Waals surface area contributed by atoms with Crippen molar-refractivity contribution in [2.24, 2.45) is 0 Å². The Morgan fingerprint density at radius 3 is 2.30 bits per heavy atom. The molecule has 0 saturated heterocycles. The molecule has 4 heteroatoms. The minimum absolute atomic E-state index is 0.0546. The summed E-state index contributed by atoms with van der Waals surface area (Å²) < 4.78 is 6.74. The number of benzene rings is 3. The zero-order chi connectivity index (χ0) is 18.8. The second-order valence-electron chi connectivity index (χ2n) is 6.80. The van der Waals surface area contributed by atoms with Crippen molar-refractivity contribution in [1.82, 2.24) is 4.90 Å². The Labute approximate surface area is 167 Å². The maximum absolute atomic E-state index is 13.0. The van der Waals surface area contributed by atoms with Crippen LogP contribution in [0.4, 0.5) is 0 Å². The number of carbonyl (C=O) groups excluding carboxylic acids is 1. The minimum atomic E-state index is 0.0546. The molecule has 0 fully saturated rings. The molecule has 4 rings (SSSR count). The van der Waals surface area contributed by atoms with Gasteiger partial charge in [-0.05, 0) is 57.2 Å². The minimum Gasteiger partial charge on any atom is -0.488 e. The lowest BCUT2D eigenvalue weighted by atomic mass is 10.1. The molecule has 0 aliphatic carbocycles. The molecule has 0 aromatic heterocycles. The molecular weight excluding hydrogens is 402 g/mol. The highest BCUT2D eigenvalue weighted by Crippen LogP contribution is 2.31. The fraction of sp³-hybridized carbons (Fsp3) is 0.174. The van der Waals surface area contributed by atoms with Gasteiger partial charge in [-0.15, -0.1) is 0 Å². The highest BCUT2D eigenvalue weighted by atomic mass is 79.9. The first-order chi connectivity index (χ1) is 13.1. The topological polar surface area (TPSA) is 29.5 Å². The molecule has 1 heterocycles. The molecule has 136 valence electrons. The highest BCUT2D eigenvalue weighted by Gasteiger charge is 2.25. The average Bonchev–Trinajstić information content (AvgIpc) is 3.13. The van der Waals surface area contributed by atoms with Crippen molar-refractivity contribution < 1.29 is 9.53 Å². The van der Waals surface area contributed by atoms with Crippen LogP contribution in [-0.4, -0.2) is 10.8 Å². The quantitative estimate of drug-likeness (QED) is 0.556. The lowest BCUT2D eigenvalue weighted by molar-refractivity contribution is 0.0750. The van der Waals surface area contributed by atoms with Gasteiger partial charge in [0.2, 0.25) is 0 Å². The van der Waals surface area contributed by atoms with Gasteiger partial charge in [0.15, 0.2) is 0 Å². The van der Waals surface area contributed by atoms with E-state index in [1.165, 1.54) is 11.1 Å². The Bertz CT molecular complexity index is 960. The maximum Gasteiger partial charge on any atom is 0.254 e. The van der Waals surface area contributed by atoms with Crippen LogP contribution >= 0.6 is 15.9 Å². The van der Waals surface area contributed by atoms with Crippen molar-refractivity contribution in [3.63, 3.8) is 0 Å². The number of hydrogen-bond donors (Lipinski definition) is 0. The van der Waals surface area contributed by atoms with Gasteiger partial charge >= 0.3 is 0 Å². The summed E-state index contributed by atoms with van der Waals surface area (Å²) in [5, 5.41) is 0. The van der Waals surface area contributed by atoms with Crippen LogP contribution in [0.2, 0.25) is 0 Å². The second-order valence-corrected chi connectivity index (χ2v) is 7.66. The monoisotopic (exact) mass is 421 g/mol. The molecule has 3 aromatic rings. The Morgan fingerprint density at radius 1 is 1.00 bits per heavy atom. The normalized spacial score (nSPS) is 12.7. The molecule has 0 N–H and O–H groups in total. The zero-order valence-electron chi connectivity index (χ0n) is 15.1. The Kier molecular flexibility index (Phi) is 4.99. The van der Waals surface area contributed by atoms with Crippen LogP contribution in [0.3, 0.4) is 0 Å². The van der Waals surface area contributed by atoms with Gasteiger partial charge in [0.1, 0.15) is 12.4 Å². The molecule has 1 amide bonds. The molecule has 1 aliphatic rings. The van der Waals surface area contributed by atoms with Crippen LogP contribution in [0.1, 0.15) is 32.6 Å². The summed E-state index contributed by atoms with van der Waals surface area (Å²) in [5.74, 6) is 0.802. The lowest BCUT2D eigenvalue weighted by Crippen LogP contribution is -2.26. The molecular formula is C23H20BrNO2. The number of hydrogen-bond acceptors (Lipinski definition) is 2. The van der Waals surface area contributed by atoms with E-state index < -0.39 is 0 Å². The molecule has 3 aromatic carbocycles. The molecule has 0 unspecified atom stereocenters. The van der Waals surface area contributed by atoms with E-state index in [0.29, 0.717) is 25.3 Å². The number of amides is 1. The predicted molar refractivity (Wildman–Crippen MR) is 110 cm³/mol. The van der Waals surface area contributed by atoms with Gasteiger partial charge < -0.3 is 9.64 Å². The number of halogens is 1. The van der Waals surface area contributed by atoms with Crippen molar-refractivity contribution in [2.75, 3.05) is 0 Å².